The summed E-state index contributed by atoms with van der Waals surface area (Å²) in [6, 6.07) is 13.6. The summed E-state index contributed by atoms with van der Waals surface area (Å²) in [6.45, 7) is 0.407. The summed E-state index contributed by atoms with van der Waals surface area (Å²) in [5, 5.41) is 38.7. The Morgan fingerprint density at radius 2 is 1.79 bits per heavy atom. The molecule has 0 amide bonds. The van der Waals surface area contributed by atoms with Crippen LogP contribution >= 0.6 is 0 Å². The van der Waals surface area contributed by atoms with E-state index in [0.717, 1.165) is 11.6 Å². The third-order valence-corrected chi connectivity index (χ3v) is 3.00. The maximum absolute atomic E-state index is 10.1. The fourth-order valence-electron chi connectivity index (χ4n) is 1.79. The van der Waals surface area contributed by atoms with Crippen LogP contribution in [0, 0.1) is 0 Å². The maximum Gasteiger partial charge on any atom is 0.328 e. The molecule has 24 heavy (non-hydrogen) atoms. The first-order valence-corrected chi connectivity index (χ1v) is 7.24. The molecular weight excluding hydrogens is 310 g/mol. The molecule has 1 atom stereocenters. The normalized spacial score (nSPS) is 11.6. The number of hydrogen-bond donors (Lipinski definition) is 5. The van der Waals surface area contributed by atoms with Crippen molar-refractivity contribution in [2.45, 2.75) is 6.10 Å². The van der Waals surface area contributed by atoms with Gasteiger partial charge in [0.15, 0.2) is 11.5 Å². The lowest BCUT2D eigenvalue weighted by atomic mass is 10.1. The molecule has 5 N–H and O–H groups in total. The van der Waals surface area contributed by atoms with Crippen LogP contribution in [0.25, 0.3) is 6.08 Å². The molecule has 0 aliphatic carbocycles. The number of aliphatic carboxylic acids is 1. The molecule has 0 heterocycles. The second-order valence-corrected chi connectivity index (χ2v) is 4.90. The summed E-state index contributed by atoms with van der Waals surface area (Å²) in [7, 11) is 1.73. The van der Waals surface area contributed by atoms with E-state index >= 15 is 0 Å². The van der Waals surface area contributed by atoms with Crippen molar-refractivity contribution < 1.29 is 25.2 Å². The Kier molecular flexibility index (Phi) is 8.04. The molecule has 6 heteroatoms. The molecule has 0 saturated heterocycles. The molecule has 0 bridgehead atoms. The van der Waals surface area contributed by atoms with E-state index < -0.39 is 12.1 Å². The molecule has 0 aliphatic rings. The van der Waals surface area contributed by atoms with Crippen molar-refractivity contribution >= 4 is 12.0 Å². The van der Waals surface area contributed by atoms with Gasteiger partial charge in [0.05, 0.1) is 6.10 Å². The Hall–Kier alpha value is -2.83. The first-order valence-electron chi connectivity index (χ1n) is 7.24. The Bertz CT molecular complexity index is 670. The fraction of sp³-hybridized carbons (Fsp3) is 0.167. The molecule has 6 nitrogen and oxygen atoms in total. The zero-order valence-corrected chi connectivity index (χ0v) is 13.3. The Balaban J connectivity index is 0.000000243. The third kappa shape index (κ3) is 6.95. The second-order valence-electron chi connectivity index (χ2n) is 4.90. The third-order valence-electron chi connectivity index (χ3n) is 3.00. The van der Waals surface area contributed by atoms with E-state index in [-0.39, 0.29) is 11.5 Å². The van der Waals surface area contributed by atoms with Crippen LogP contribution in [0.1, 0.15) is 17.2 Å². The van der Waals surface area contributed by atoms with Crippen LogP contribution in [-0.4, -0.2) is 40.0 Å². The van der Waals surface area contributed by atoms with Gasteiger partial charge in [0.25, 0.3) is 0 Å². The molecule has 0 spiro atoms. The zero-order valence-electron chi connectivity index (χ0n) is 13.3. The first-order chi connectivity index (χ1) is 11.4. The van der Waals surface area contributed by atoms with E-state index in [9.17, 15) is 9.90 Å². The van der Waals surface area contributed by atoms with Gasteiger partial charge in [-0.2, -0.15) is 0 Å². The van der Waals surface area contributed by atoms with Crippen molar-refractivity contribution in [1.29, 1.82) is 0 Å². The summed E-state index contributed by atoms with van der Waals surface area (Å²) >= 11 is 0. The minimum Gasteiger partial charge on any atom is -0.504 e. The predicted octanol–water partition coefficient (Wildman–Crippen LogP) is 2.13. The quantitative estimate of drug-likeness (QED) is 0.424. The Morgan fingerprint density at radius 3 is 2.33 bits per heavy atom. The van der Waals surface area contributed by atoms with Gasteiger partial charge in [-0.3, -0.25) is 0 Å². The zero-order chi connectivity index (χ0) is 17.9. The largest absolute Gasteiger partial charge is 0.504 e. The van der Waals surface area contributed by atoms with Gasteiger partial charge in [-0.15, -0.1) is 0 Å². The van der Waals surface area contributed by atoms with Crippen molar-refractivity contribution in [2.75, 3.05) is 13.6 Å². The van der Waals surface area contributed by atoms with Gasteiger partial charge in [0.1, 0.15) is 0 Å². The first kappa shape index (κ1) is 19.2. The number of nitrogens with one attached hydrogen (secondary N) is 1. The van der Waals surface area contributed by atoms with E-state index in [0.29, 0.717) is 12.1 Å². The molecule has 0 saturated carbocycles. The van der Waals surface area contributed by atoms with Gasteiger partial charge in [-0.1, -0.05) is 36.4 Å². The van der Waals surface area contributed by atoms with Crippen LogP contribution in [0.4, 0.5) is 0 Å². The minimum atomic E-state index is -0.922. The molecule has 0 radical (unpaired) electrons. The number of rotatable bonds is 5. The number of aliphatic hydroxyl groups is 1. The van der Waals surface area contributed by atoms with Gasteiger partial charge < -0.3 is 25.7 Å². The summed E-state index contributed by atoms with van der Waals surface area (Å²) in [5.74, 6) is -1.32. The maximum atomic E-state index is 10.1. The van der Waals surface area contributed by atoms with Crippen LogP contribution in [0.15, 0.2) is 54.6 Å². The van der Waals surface area contributed by atoms with Crippen molar-refractivity contribution in [3.63, 3.8) is 0 Å². The highest BCUT2D eigenvalue weighted by molar-refractivity contribution is 5.85. The molecule has 0 unspecified atom stereocenters. The standard InChI is InChI=1S/C9H13NO3.C9H8O2/c1-10-5-9(13)6-2-3-7(11)8(12)4-6;10-9(11)7-6-8-4-2-1-3-5-8/h2-4,9-13H,5H2,1H3;1-7H,(H,10,11)/b;7-6+/t9-;/m0./s1. The summed E-state index contributed by atoms with van der Waals surface area (Å²) < 4.78 is 0. The number of carbonyl (C=O) groups is 1. The van der Waals surface area contributed by atoms with E-state index in [2.05, 4.69) is 5.32 Å². The number of phenols is 2. The lowest BCUT2D eigenvalue weighted by Gasteiger charge is -2.10. The van der Waals surface area contributed by atoms with Gasteiger partial charge in [-0.05, 0) is 36.4 Å². The number of hydrogen-bond acceptors (Lipinski definition) is 5. The SMILES string of the molecule is CNC[C@H](O)c1ccc(O)c(O)c1.O=C(O)/C=C/c1ccccc1. The molecule has 0 fully saturated rings. The van der Waals surface area contributed by atoms with E-state index in [4.69, 9.17) is 15.3 Å². The Morgan fingerprint density at radius 1 is 1.12 bits per heavy atom. The van der Waals surface area contributed by atoms with Crippen LogP contribution in [0.5, 0.6) is 11.5 Å². The summed E-state index contributed by atoms with van der Waals surface area (Å²) in [5.41, 5.74) is 1.47. The predicted molar refractivity (Wildman–Crippen MR) is 91.8 cm³/mol. The number of aliphatic hydroxyl groups excluding tert-OH is 1. The van der Waals surface area contributed by atoms with Crippen LogP contribution < -0.4 is 5.32 Å². The monoisotopic (exact) mass is 331 g/mol. The van der Waals surface area contributed by atoms with Crippen molar-refractivity contribution in [1.82, 2.24) is 5.32 Å². The van der Waals surface area contributed by atoms with Gasteiger partial charge in [-0.25, -0.2) is 4.79 Å². The highest BCUT2D eigenvalue weighted by atomic mass is 16.4. The average Bonchev–Trinajstić information content (AvgIpc) is 2.57. The number of phenolic OH excluding ortho intramolecular Hbond substituents is 2. The number of carboxylic acids is 1. The molecule has 0 aromatic heterocycles. The highest BCUT2D eigenvalue weighted by Crippen LogP contribution is 2.27. The number of carboxylic acid groups (broad SMARTS) is 1. The van der Waals surface area contributed by atoms with Crippen molar-refractivity contribution in [2.24, 2.45) is 0 Å². The van der Waals surface area contributed by atoms with Crippen LogP contribution in [0.3, 0.4) is 0 Å². The number of benzene rings is 2. The molecule has 2 aromatic rings. The summed E-state index contributed by atoms with van der Waals surface area (Å²) in [6.07, 6.45) is 2.01. The average molecular weight is 331 g/mol. The molecule has 128 valence electrons. The van der Waals surface area contributed by atoms with Gasteiger partial charge >= 0.3 is 5.97 Å². The van der Waals surface area contributed by atoms with E-state index in [1.54, 1.807) is 19.2 Å². The minimum absolute atomic E-state index is 0.180. The van der Waals surface area contributed by atoms with Crippen molar-refractivity contribution in [3.05, 3.63) is 65.7 Å². The molecule has 2 aromatic carbocycles. The van der Waals surface area contributed by atoms with Crippen molar-refractivity contribution in [3.8, 4) is 11.5 Å². The summed E-state index contributed by atoms with van der Waals surface area (Å²) in [4.78, 5) is 10.1. The fourth-order valence-corrected chi connectivity index (χ4v) is 1.79. The van der Waals surface area contributed by atoms with Crippen LogP contribution in [-0.2, 0) is 4.79 Å². The molecule has 0 aliphatic heterocycles. The lowest BCUT2D eigenvalue weighted by Crippen LogP contribution is -2.16. The lowest BCUT2D eigenvalue weighted by molar-refractivity contribution is -0.131. The van der Waals surface area contributed by atoms with E-state index in [1.165, 1.54) is 12.1 Å². The molecular formula is C18H21NO5. The number of likely N-dealkylation sites (N-methyl/N-ethyl adjacent to an activating group) is 1. The topological polar surface area (TPSA) is 110 Å². The highest BCUT2D eigenvalue weighted by Gasteiger charge is 2.08. The van der Waals surface area contributed by atoms with Crippen LogP contribution in [0.2, 0.25) is 0 Å². The number of aromatic hydroxyl groups is 2. The second kappa shape index (κ2) is 10.0. The van der Waals surface area contributed by atoms with E-state index in [1.807, 2.05) is 30.3 Å². The van der Waals surface area contributed by atoms with Gasteiger partial charge in [0.2, 0.25) is 0 Å². The van der Waals surface area contributed by atoms with Gasteiger partial charge in [0, 0.05) is 12.6 Å². The molecule has 2 rings (SSSR count). The smallest absolute Gasteiger partial charge is 0.328 e. The Labute approximate surface area is 140 Å².